The summed E-state index contributed by atoms with van der Waals surface area (Å²) in [5.74, 6) is -0.126. The molecule has 0 aliphatic heterocycles. The molecule has 1 N–H and O–H groups in total. The van der Waals surface area contributed by atoms with Gasteiger partial charge in [0, 0.05) is 6.04 Å². The first kappa shape index (κ1) is 10.4. The summed E-state index contributed by atoms with van der Waals surface area (Å²) in [4.78, 5) is 13.1. The van der Waals surface area contributed by atoms with Crippen LogP contribution in [0.3, 0.4) is 0 Å². The Morgan fingerprint density at radius 1 is 1.47 bits per heavy atom. The molecular formula is C10H11N5OS. The highest BCUT2D eigenvalue weighted by Gasteiger charge is 2.25. The summed E-state index contributed by atoms with van der Waals surface area (Å²) in [7, 11) is 1.64. The number of thiophene rings is 1. The number of aryl methyl sites for hydroxylation is 1. The Hall–Kier alpha value is -1.76. The van der Waals surface area contributed by atoms with Gasteiger partial charge in [-0.15, -0.1) is 10.2 Å². The summed E-state index contributed by atoms with van der Waals surface area (Å²) >= 11 is 1.71. The second-order valence-electron chi connectivity index (χ2n) is 4.10. The lowest BCUT2D eigenvalue weighted by molar-refractivity contribution is 0.0927. The van der Waals surface area contributed by atoms with Gasteiger partial charge in [0.25, 0.3) is 11.7 Å². The molecule has 0 saturated carbocycles. The van der Waals surface area contributed by atoms with Gasteiger partial charge in [-0.1, -0.05) is 0 Å². The van der Waals surface area contributed by atoms with Crippen molar-refractivity contribution in [2.24, 2.45) is 7.05 Å². The van der Waals surface area contributed by atoms with Gasteiger partial charge in [0.15, 0.2) is 0 Å². The van der Waals surface area contributed by atoms with Crippen LogP contribution in [0.5, 0.6) is 0 Å². The van der Waals surface area contributed by atoms with Gasteiger partial charge in [-0.3, -0.25) is 4.79 Å². The first-order valence-corrected chi connectivity index (χ1v) is 6.25. The van der Waals surface area contributed by atoms with Crippen molar-refractivity contribution in [3.63, 3.8) is 0 Å². The molecule has 6 nitrogen and oxygen atoms in total. The smallest absolute Gasteiger partial charge is 0.293 e. The molecule has 17 heavy (non-hydrogen) atoms. The molecule has 0 spiro atoms. The van der Waals surface area contributed by atoms with Gasteiger partial charge in [0.05, 0.1) is 7.05 Å². The molecule has 0 aromatic carbocycles. The fourth-order valence-electron chi connectivity index (χ4n) is 2.04. The van der Waals surface area contributed by atoms with Crippen molar-refractivity contribution in [1.82, 2.24) is 25.5 Å². The fraction of sp³-hybridized carbons (Fsp3) is 0.400. The molecule has 0 bridgehead atoms. The van der Waals surface area contributed by atoms with Gasteiger partial charge >= 0.3 is 0 Å². The molecule has 1 amide bonds. The molecule has 3 rings (SSSR count). The van der Waals surface area contributed by atoms with Gasteiger partial charge in [-0.05, 0) is 39.9 Å². The molecule has 1 aliphatic rings. The maximum absolute atomic E-state index is 11.8. The number of hydrogen-bond donors (Lipinski definition) is 1. The molecule has 0 radical (unpaired) electrons. The van der Waals surface area contributed by atoms with Crippen molar-refractivity contribution >= 4 is 17.2 Å². The van der Waals surface area contributed by atoms with E-state index in [1.807, 2.05) is 0 Å². The Bertz CT molecular complexity index is 540. The van der Waals surface area contributed by atoms with E-state index in [-0.39, 0.29) is 17.8 Å². The Morgan fingerprint density at radius 2 is 2.18 bits per heavy atom. The normalized spacial score (nSPS) is 14.9. The zero-order chi connectivity index (χ0) is 11.8. The number of nitrogens with one attached hydrogen (secondary N) is 1. The molecule has 0 saturated heterocycles. The maximum atomic E-state index is 11.8. The maximum Gasteiger partial charge on any atom is 0.293 e. The van der Waals surface area contributed by atoms with E-state index in [2.05, 4.69) is 31.5 Å². The lowest BCUT2D eigenvalue weighted by Crippen LogP contribution is -2.36. The third kappa shape index (κ3) is 1.93. The third-order valence-corrected chi connectivity index (χ3v) is 3.65. The number of carbonyl (C=O) groups is 1. The largest absolute Gasteiger partial charge is 0.346 e. The van der Waals surface area contributed by atoms with Crippen LogP contribution in [0.1, 0.15) is 21.7 Å². The van der Waals surface area contributed by atoms with E-state index in [0.29, 0.717) is 0 Å². The van der Waals surface area contributed by atoms with Gasteiger partial charge in [-0.25, -0.2) is 0 Å². The first-order valence-electron chi connectivity index (χ1n) is 5.31. The lowest BCUT2D eigenvalue weighted by atomic mass is 10.2. The summed E-state index contributed by atoms with van der Waals surface area (Å²) in [6.07, 6.45) is 1.79. The van der Waals surface area contributed by atoms with Crippen LogP contribution in [0.15, 0.2) is 10.8 Å². The van der Waals surface area contributed by atoms with E-state index >= 15 is 0 Å². The highest BCUT2D eigenvalue weighted by atomic mass is 32.1. The first-order chi connectivity index (χ1) is 8.22. The number of nitrogens with zero attached hydrogens (tertiary/aromatic N) is 4. The van der Waals surface area contributed by atoms with Crippen molar-refractivity contribution in [2.75, 3.05) is 0 Å². The predicted octanol–water partition coefficient (Wildman–Crippen LogP) is 0.169. The van der Waals surface area contributed by atoms with Gasteiger partial charge < -0.3 is 5.32 Å². The molecular weight excluding hydrogens is 238 g/mol. The van der Waals surface area contributed by atoms with Crippen molar-refractivity contribution < 1.29 is 4.79 Å². The summed E-state index contributed by atoms with van der Waals surface area (Å²) in [6.45, 7) is 0. The van der Waals surface area contributed by atoms with E-state index in [9.17, 15) is 4.79 Å². The third-order valence-electron chi connectivity index (χ3n) is 2.81. The second kappa shape index (κ2) is 3.92. The molecule has 2 aromatic rings. The highest BCUT2D eigenvalue weighted by Crippen LogP contribution is 2.25. The van der Waals surface area contributed by atoms with Crippen LogP contribution < -0.4 is 5.32 Å². The monoisotopic (exact) mass is 249 g/mol. The zero-order valence-corrected chi connectivity index (χ0v) is 10.1. The fourth-order valence-corrected chi connectivity index (χ4v) is 2.93. The topological polar surface area (TPSA) is 72.7 Å². The van der Waals surface area contributed by atoms with Gasteiger partial charge in [0.2, 0.25) is 0 Å². The molecule has 88 valence electrons. The quantitative estimate of drug-likeness (QED) is 0.823. The number of aromatic nitrogens is 4. The van der Waals surface area contributed by atoms with Crippen LogP contribution >= 0.6 is 11.3 Å². The summed E-state index contributed by atoms with van der Waals surface area (Å²) in [5, 5.41) is 18.4. The Labute approximate surface area is 102 Å². The molecule has 0 unspecified atom stereocenters. The molecule has 1 aliphatic carbocycles. The number of tetrazole rings is 1. The minimum Gasteiger partial charge on any atom is -0.346 e. The summed E-state index contributed by atoms with van der Waals surface area (Å²) in [6, 6.07) is 0.157. The van der Waals surface area contributed by atoms with Gasteiger partial charge in [-0.2, -0.15) is 16.1 Å². The van der Waals surface area contributed by atoms with Crippen molar-refractivity contribution in [2.45, 2.75) is 18.9 Å². The lowest BCUT2D eigenvalue weighted by Gasteiger charge is -2.09. The minimum atomic E-state index is -0.253. The molecule has 0 fully saturated rings. The Morgan fingerprint density at radius 3 is 2.76 bits per heavy atom. The average Bonchev–Trinajstić information content (AvgIpc) is 2.92. The molecule has 0 atom stereocenters. The van der Waals surface area contributed by atoms with Gasteiger partial charge in [0.1, 0.15) is 0 Å². The van der Waals surface area contributed by atoms with Crippen LogP contribution in [-0.2, 0) is 19.9 Å². The van der Waals surface area contributed by atoms with Crippen LogP contribution in [0.2, 0.25) is 0 Å². The van der Waals surface area contributed by atoms with E-state index in [1.54, 1.807) is 18.4 Å². The van der Waals surface area contributed by atoms with E-state index in [1.165, 1.54) is 15.9 Å². The number of carbonyl (C=O) groups excluding carboxylic acids is 1. The highest BCUT2D eigenvalue weighted by molar-refractivity contribution is 7.08. The molecule has 2 aromatic heterocycles. The van der Waals surface area contributed by atoms with Crippen LogP contribution in [0.4, 0.5) is 0 Å². The Balaban J connectivity index is 1.66. The molecule has 2 heterocycles. The number of rotatable bonds is 2. The number of hydrogen-bond acceptors (Lipinski definition) is 5. The summed E-state index contributed by atoms with van der Waals surface area (Å²) in [5.41, 5.74) is 2.68. The standard InChI is InChI=1S/C10H11N5OS/c1-15-13-9(12-14-15)10(16)11-8-2-6-4-17-5-7(6)3-8/h4-5,8H,2-3H2,1H3,(H,11,16). The van der Waals surface area contributed by atoms with Crippen molar-refractivity contribution in [1.29, 1.82) is 0 Å². The van der Waals surface area contributed by atoms with Crippen LogP contribution in [-0.4, -0.2) is 32.2 Å². The summed E-state index contributed by atoms with van der Waals surface area (Å²) < 4.78 is 0. The van der Waals surface area contributed by atoms with E-state index in [4.69, 9.17) is 0 Å². The Kier molecular flexibility index (Phi) is 2.40. The van der Waals surface area contributed by atoms with Crippen LogP contribution in [0.25, 0.3) is 0 Å². The second-order valence-corrected chi connectivity index (χ2v) is 4.85. The van der Waals surface area contributed by atoms with Crippen LogP contribution in [0, 0.1) is 0 Å². The predicted molar refractivity (Wildman–Crippen MR) is 61.8 cm³/mol. The number of fused-ring (bicyclic) bond motifs is 1. The molecule has 7 heteroatoms. The van der Waals surface area contributed by atoms with Crippen molar-refractivity contribution in [3.05, 3.63) is 27.7 Å². The zero-order valence-electron chi connectivity index (χ0n) is 9.25. The minimum absolute atomic E-state index is 0.127. The average molecular weight is 249 g/mol. The van der Waals surface area contributed by atoms with E-state index < -0.39 is 0 Å². The number of amides is 1. The van der Waals surface area contributed by atoms with Crippen molar-refractivity contribution in [3.8, 4) is 0 Å². The SMILES string of the molecule is Cn1nnc(C(=O)NC2Cc3cscc3C2)n1. The van der Waals surface area contributed by atoms with E-state index in [0.717, 1.165) is 12.8 Å².